The minimum Gasteiger partial charge on any atom is -0.486 e. The molecule has 0 saturated carbocycles. The quantitative estimate of drug-likeness (QED) is 0.820. The van der Waals surface area contributed by atoms with Gasteiger partial charge in [0.15, 0.2) is 11.6 Å². The van der Waals surface area contributed by atoms with E-state index in [-0.39, 0.29) is 18.9 Å². The number of primary amides is 1. The van der Waals surface area contributed by atoms with Crippen molar-refractivity contribution >= 4 is 5.91 Å². The molecule has 0 aromatic heterocycles. The molecule has 0 unspecified atom stereocenters. The maximum atomic E-state index is 13.5. The topological polar surface area (TPSA) is 78.3 Å². The van der Waals surface area contributed by atoms with E-state index in [1.807, 2.05) is 24.3 Å². The third-order valence-corrected chi connectivity index (χ3v) is 3.48. The van der Waals surface area contributed by atoms with Crippen LogP contribution in [-0.2, 0) is 17.8 Å². The second-order valence-electron chi connectivity index (χ2n) is 5.22. The van der Waals surface area contributed by atoms with Crippen LogP contribution in [0.2, 0.25) is 0 Å². The van der Waals surface area contributed by atoms with Gasteiger partial charge in [-0.1, -0.05) is 24.3 Å². The first kappa shape index (κ1) is 16.9. The highest BCUT2D eigenvalue weighted by Crippen LogP contribution is 2.19. The molecule has 2 aromatic carbocycles. The van der Waals surface area contributed by atoms with Gasteiger partial charge in [-0.3, -0.25) is 4.79 Å². The second kappa shape index (κ2) is 7.69. The van der Waals surface area contributed by atoms with Crippen molar-refractivity contribution < 1.29 is 18.3 Å². The molecular weight excluding hydrogens is 302 g/mol. The van der Waals surface area contributed by atoms with Crippen LogP contribution in [0.5, 0.6) is 5.75 Å². The third-order valence-electron chi connectivity index (χ3n) is 3.48. The van der Waals surface area contributed by atoms with Crippen LogP contribution in [0.1, 0.15) is 11.1 Å². The molecule has 23 heavy (non-hydrogen) atoms. The van der Waals surface area contributed by atoms with E-state index in [2.05, 4.69) is 0 Å². The fourth-order valence-corrected chi connectivity index (χ4v) is 2.11. The fraction of sp³-hybridized carbons (Fsp3) is 0.235. The Morgan fingerprint density at radius 1 is 1.09 bits per heavy atom. The normalized spacial score (nSPS) is 12.0. The largest absolute Gasteiger partial charge is 0.486 e. The first-order valence-corrected chi connectivity index (χ1v) is 7.14. The van der Waals surface area contributed by atoms with Crippen molar-refractivity contribution in [3.05, 3.63) is 65.2 Å². The summed E-state index contributed by atoms with van der Waals surface area (Å²) in [6.45, 7) is 0.350. The first-order valence-electron chi connectivity index (χ1n) is 7.14. The van der Waals surface area contributed by atoms with Gasteiger partial charge in [-0.25, -0.2) is 8.78 Å². The van der Waals surface area contributed by atoms with Crippen molar-refractivity contribution in [2.24, 2.45) is 17.4 Å². The van der Waals surface area contributed by atoms with Gasteiger partial charge in [-0.2, -0.15) is 0 Å². The third kappa shape index (κ3) is 4.75. The maximum absolute atomic E-state index is 13.5. The molecule has 2 rings (SSSR count). The Labute approximate surface area is 133 Å². The molecule has 0 aliphatic heterocycles. The zero-order valence-electron chi connectivity index (χ0n) is 12.5. The van der Waals surface area contributed by atoms with E-state index in [1.165, 1.54) is 6.07 Å². The lowest BCUT2D eigenvalue weighted by Gasteiger charge is -2.11. The van der Waals surface area contributed by atoms with Gasteiger partial charge in [0, 0.05) is 12.6 Å². The summed E-state index contributed by atoms with van der Waals surface area (Å²) in [4.78, 5) is 11.2. The summed E-state index contributed by atoms with van der Waals surface area (Å²) in [5.41, 5.74) is 12.5. The number of benzene rings is 2. The van der Waals surface area contributed by atoms with E-state index in [0.29, 0.717) is 6.42 Å². The minimum atomic E-state index is -0.742. The van der Waals surface area contributed by atoms with Crippen LogP contribution in [-0.4, -0.2) is 12.5 Å². The van der Waals surface area contributed by atoms with Crippen molar-refractivity contribution in [3.8, 4) is 5.75 Å². The summed E-state index contributed by atoms with van der Waals surface area (Å²) in [6, 6.07) is 10.5. The molecule has 4 N–H and O–H groups in total. The van der Waals surface area contributed by atoms with Gasteiger partial charge >= 0.3 is 0 Å². The summed E-state index contributed by atoms with van der Waals surface area (Å²) in [5.74, 6) is -2.22. The number of carbonyl (C=O) groups excluding carboxylic acids is 1. The number of carbonyl (C=O) groups is 1. The molecule has 0 saturated heterocycles. The molecule has 6 heteroatoms. The van der Waals surface area contributed by atoms with Gasteiger partial charge < -0.3 is 16.2 Å². The lowest BCUT2D eigenvalue weighted by molar-refractivity contribution is -0.121. The van der Waals surface area contributed by atoms with Crippen LogP contribution in [0.15, 0.2) is 42.5 Å². The van der Waals surface area contributed by atoms with Crippen LogP contribution in [0, 0.1) is 17.6 Å². The predicted octanol–water partition coefficient (Wildman–Crippen LogP) is 2.15. The Morgan fingerprint density at radius 3 is 2.30 bits per heavy atom. The van der Waals surface area contributed by atoms with Crippen LogP contribution in [0.4, 0.5) is 8.78 Å². The second-order valence-corrected chi connectivity index (χ2v) is 5.22. The number of ether oxygens (including phenoxy) is 1. The first-order chi connectivity index (χ1) is 11.0. The van der Waals surface area contributed by atoms with Crippen LogP contribution >= 0.6 is 0 Å². The highest BCUT2D eigenvalue weighted by Gasteiger charge is 2.13. The molecule has 0 radical (unpaired) electrons. The van der Waals surface area contributed by atoms with Gasteiger partial charge in [0.2, 0.25) is 5.91 Å². The van der Waals surface area contributed by atoms with E-state index in [1.54, 1.807) is 0 Å². The molecule has 0 aliphatic rings. The maximum Gasteiger partial charge on any atom is 0.222 e. The standard InChI is InChI=1S/C17H18F2N2O2/c18-14-5-6-16(15(19)8-14)23-10-12-3-1-11(2-4-12)7-13(9-20)17(21)22/h1-6,8,13H,7,9-10,20H2,(H2,21,22)/t13-/m1/s1. The molecular formula is C17H18F2N2O2. The van der Waals surface area contributed by atoms with Gasteiger partial charge in [0.25, 0.3) is 0 Å². The molecule has 2 aromatic rings. The van der Waals surface area contributed by atoms with E-state index in [9.17, 15) is 13.6 Å². The van der Waals surface area contributed by atoms with Crippen LogP contribution in [0.25, 0.3) is 0 Å². The van der Waals surface area contributed by atoms with Crippen molar-refractivity contribution in [2.45, 2.75) is 13.0 Å². The van der Waals surface area contributed by atoms with E-state index < -0.39 is 23.5 Å². The Kier molecular flexibility index (Phi) is 5.65. The number of halogens is 2. The number of rotatable bonds is 7. The van der Waals surface area contributed by atoms with Crippen LogP contribution < -0.4 is 16.2 Å². The molecule has 0 spiro atoms. The zero-order valence-corrected chi connectivity index (χ0v) is 12.5. The summed E-state index contributed by atoms with van der Waals surface area (Å²) >= 11 is 0. The van der Waals surface area contributed by atoms with Gasteiger partial charge in [-0.15, -0.1) is 0 Å². The van der Waals surface area contributed by atoms with Crippen molar-refractivity contribution in [1.82, 2.24) is 0 Å². The van der Waals surface area contributed by atoms with E-state index >= 15 is 0 Å². The molecule has 4 nitrogen and oxygen atoms in total. The molecule has 0 bridgehead atoms. The van der Waals surface area contributed by atoms with E-state index in [0.717, 1.165) is 23.3 Å². The minimum absolute atomic E-state index is 0.00704. The van der Waals surface area contributed by atoms with Crippen LogP contribution in [0.3, 0.4) is 0 Å². The monoisotopic (exact) mass is 320 g/mol. The lowest BCUT2D eigenvalue weighted by atomic mass is 9.98. The van der Waals surface area contributed by atoms with Crippen molar-refractivity contribution in [1.29, 1.82) is 0 Å². The summed E-state index contributed by atoms with van der Waals surface area (Å²) < 4.78 is 31.6. The smallest absolute Gasteiger partial charge is 0.222 e. The molecule has 1 amide bonds. The predicted molar refractivity (Wildman–Crippen MR) is 82.6 cm³/mol. The molecule has 0 fully saturated rings. The summed E-state index contributed by atoms with van der Waals surface area (Å²) in [7, 11) is 0. The average Bonchev–Trinajstić information content (AvgIpc) is 2.52. The molecule has 0 heterocycles. The van der Waals surface area contributed by atoms with Gasteiger partial charge in [-0.05, 0) is 29.7 Å². The van der Waals surface area contributed by atoms with E-state index in [4.69, 9.17) is 16.2 Å². The Balaban J connectivity index is 1.96. The summed E-state index contributed by atoms with van der Waals surface area (Å²) in [5, 5.41) is 0. The van der Waals surface area contributed by atoms with Crippen molar-refractivity contribution in [2.75, 3.05) is 6.54 Å². The lowest BCUT2D eigenvalue weighted by Crippen LogP contribution is -2.31. The number of nitrogens with two attached hydrogens (primary N) is 2. The average molecular weight is 320 g/mol. The highest BCUT2D eigenvalue weighted by molar-refractivity contribution is 5.77. The van der Waals surface area contributed by atoms with Gasteiger partial charge in [0.05, 0.1) is 5.92 Å². The number of hydrogen-bond acceptors (Lipinski definition) is 3. The molecule has 122 valence electrons. The Bertz CT molecular complexity index is 675. The Hall–Kier alpha value is -2.47. The van der Waals surface area contributed by atoms with Gasteiger partial charge in [0.1, 0.15) is 12.4 Å². The number of amides is 1. The number of hydrogen-bond donors (Lipinski definition) is 2. The SMILES string of the molecule is NC[C@@H](Cc1ccc(COc2ccc(F)cc2F)cc1)C(N)=O. The molecule has 0 aliphatic carbocycles. The summed E-state index contributed by atoms with van der Waals surface area (Å²) in [6.07, 6.45) is 0.472. The fourth-order valence-electron chi connectivity index (χ4n) is 2.11. The molecule has 1 atom stereocenters. The van der Waals surface area contributed by atoms with Crippen molar-refractivity contribution in [3.63, 3.8) is 0 Å². The zero-order chi connectivity index (χ0) is 16.8. The highest BCUT2D eigenvalue weighted by atomic mass is 19.1. The Morgan fingerprint density at radius 2 is 1.74 bits per heavy atom.